The molecule has 0 aliphatic carbocycles. The van der Waals surface area contributed by atoms with E-state index in [9.17, 15) is 4.79 Å². The molecule has 0 heterocycles. The standard InChI is InChI=1S/C22H30N4O2.HI/c1-16-6-5-7-19(14-16)17(2)15-26-22(23-3)25-13-12-24-21(27)18-8-10-20(28-4)11-9-18;/h5-11,14,17H,12-13,15H2,1-4H3,(H,24,27)(H2,23,25,26);1H. The Hall–Kier alpha value is -2.29. The van der Waals surface area contributed by atoms with Gasteiger partial charge < -0.3 is 20.7 Å². The second-order valence-corrected chi connectivity index (χ2v) is 6.68. The van der Waals surface area contributed by atoms with Crippen LogP contribution in [0.4, 0.5) is 0 Å². The van der Waals surface area contributed by atoms with Crippen molar-refractivity contribution in [3.05, 3.63) is 65.2 Å². The molecule has 0 aromatic heterocycles. The van der Waals surface area contributed by atoms with E-state index in [-0.39, 0.29) is 29.9 Å². The van der Waals surface area contributed by atoms with Crippen LogP contribution in [0.25, 0.3) is 0 Å². The van der Waals surface area contributed by atoms with Gasteiger partial charge in [0, 0.05) is 32.2 Å². The van der Waals surface area contributed by atoms with Crippen molar-refractivity contribution in [3.63, 3.8) is 0 Å². The van der Waals surface area contributed by atoms with Crippen LogP contribution in [0.3, 0.4) is 0 Å². The Balaban J connectivity index is 0.00000420. The van der Waals surface area contributed by atoms with Crippen molar-refractivity contribution in [1.29, 1.82) is 0 Å². The molecule has 0 saturated carbocycles. The SMILES string of the molecule is CN=C(NCCNC(=O)c1ccc(OC)cc1)NCC(C)c1cccc(C)c1.I. The Morgan fingerprint density at radius 2 is 1.76 bits per heavy atom. The van der Waals surface area contributed by atoms with Gasteiger partial charge in [-0.25, -0.2) is 0 Å². The molecule has 2 aromatic rings. The first kappa shape index (κ1) is 24.7. The van der Waals surface area contributed by atoms with Crippen molar-refractivity contribution in [3.8, 4) is 5.75 Å². The Bertz CT molecular complexity index is 794. The van der Waals surface area contributed by atoms with Crippen molar-refractivity contribution in [2.75, 3.05) is 33.8 Å². The van der Waals surface area contributed by atoms with Crippen molar-refractivity contribution in [1.82, 2.24) is 16.0 Å². The van der Waals surface area contributed by atoms with Gasteiger partial charge in [0.25, 0.3) is 5.91 Å². The van der Waals surface area contributed by atoms with Gasteiger partial charge in [0.15, 0.2) is 5.96 Å². The summed E-state index contributed by atoms with van der Waals surface area (Å²) in [7, 11) is 3.34. The fourth-order valence-electron chi connectivity index (χ4n) is 2.77. The maximum Gasteiger partial charge on any atom is 0.251 e. The molecule has 2 rings (SSSR count). The number of benzene rings is 2. The number of carbonyl (C=O) groups excluding carboxylic acids is 1. The lowest BCUT2D eigenvalue weighted by molar-refractivity contribution is 0.0954. The van der Waals surface area contributed by atoms with Gasteiger partial charge in [0.2, 0.25) is 0 Å². The highest BCUT2D eigenvalue weighted by molar-refractivity contribution is 14.0. The molecule has 2 aromatic carbocycles. The molecule has 0 aliphatic heterocycles. The highest BCUT2D eigenvalue weighted by Gasteiger charge is 2.08. The maximum absolute atomic E-state index is 12.1. The monoisotopic (exact) mass is 510 g/mol. The normalized spacial score (nSPS) is 11.8. The third-order valence-electron chi connectivity index (χ3n) is 4.47. The van der Waals surface area contributed by atoms with Crippen LogP contribution in [0.15, 0.2) is 53.5 Å². The molecule has 0 radical (unpaired) electrons. The van der Waals surface area contributed by atoms with Gasteiger partial charge in [0.1, 0.15) is 5.75 Å². The second kappa shape index (κ2) is 13.0. The molecule has 0 fully saturated rings. The van der Waals surface area contributed by atoms with E-state index in [0.29, 0.717) is 24.6 Å². The number of nitrogens with one attached hydrogen (secondary N) is 3. The lowest BCUT2D eigenvalue weighted by Gasteiger charge is -2.17. The van der Waals surface area contributed by atoms with Crippen molar-refractivity contribution in [2.45, 2.75) is 19.8 Å². The minimum atomic E-state index is -0.111. The number of nitrogens with zero attached hydrogens (tertiary/aromatic N) is 1. The first-order valence-electron chi connectivity index (χ1n) is 9.46. The van der Waals surface area contributed by atoms with Crippen LogP contribution in [0.2, 0.25) is 0 Å². The first-order chi connectivity index (χ1) is 13.5. The number of halogens is 1. The van der Waals surface area contributed by atoms with E-state index in [0.717, 1.165) is 18.3 Å². The highest BCUT2D eigenvalue weighted by Crippen LogP contribution is 2.15. The fourth-order valence-corrected chi connectivity index (χ4v) is 2.77. The predicted octanol–water partition coefficient (Wildman–Crippen LogP) is 3.32. The Morgan fingerprint density at radius 3 is 2.38 bits per heavy atom. The topological polar surface area (TPSA) is 74.8 Å². The summed E-state index contributed by atoms with van der Waals surface area (Å²) in [5, 5.41) is 9.44. The molecular weight excluding hydrogens is 479 g/mol. The van der Waals surface area contributed by atoms with Gasteiger partial charge in [-0.15, -0.1) is 24.0 Å². The number of hydrogen-bond donors (Lipinski definition) is 3. The maximum atomic E-state index is 12.1. The quantitative estimate of drug-likeness (QED) is 0.221. The van der Waals surface area contributed by atoms with E-state index in [2.05, 4.69) is 59.1 Å². The third kappa shape index (κ3) is 8.31. The fraction of sp³-hybridized carbons (Fsp3) is 0.364. The minimum absolute atomic E-state index is 0. The van der Waals surface area contributed by atoms with Gasteiger partial charge >= 0.3 is 0 Å². The number of hydrogen-bond acceptors (Lipinski definition) is 3. The summed E-state index contributed by atoms with van der Waals surface area (Å²) < 4.78 is 5.10. The summed E-state index contributed by atoms with van der Waals surface area (Å²) >= 11 is 0. The van der Waals surface area contributed by atoms with Crippen LogP contribution < -0.4 is 20.7 Å². The van der Waals surface area contributed by atoms with Gasteiger partial charge in [-0.2, -0.15) is 0 Å². The van der Waals surface area contributed by atoms with E-state index in [1.165, 1.54) is 11.1 Å². The van der Waals surface area contributed by atoms with Gasteiger partial charge in [-0.05, 0) is 42.7 Å². The van der Waals surface area contributed by atoms with Gasteiger partial charge in [-0.1, -0.05) is 36.8 Å². The summed E-state index contributed by atoms with van der Waals surface area (Å²) in [5.41, 5.74) is 3.17. The molecule has 0 saturated heterocycles. The molecular formula is C22H31IN4O2. The molecule has 7 heteroatoms. The van der Waals surface area contributed by atoms with E-state index in [1.807, 2.05) is 0 Å². The molecule has 1 amide bonds. The van der Waals surface area contributed by atoms with Crippen molar-refractivity contribution >= 4 is 35.8 Å². The van der Waals surface area contributed by atoms with Crippen molar-refractivity contribution in [2.24, 2.45) is 4.99 Å². The first-order valence-corrected chi connectivity index (χ1v) is 9.46. The zero-order valence-corrected chi connectivity index (χ0v) is 19.8. The highest BCUT2D eigenvalue weighted by atomic mass is 127. The molecule has 158 valence electrons. The largest absolute Gasteiger partial charge is 0.497 e. The molecule has 1 unspecified atom stereocenters. The molecule has 1 atom stereocenters. The number of guanidine groups is 1. The van der Waals surface area contributed by atoms with Gasteiger partial charge in [-0.3, -0.25) is 9.79 Å². The minimum Gasteiger partial charge on any atom is -0.497 e. The zero-order chi connectivity index (χ0) is 20.4. The molecule has 0 bridgehead atoms. The van der Waals surface area contributed by atoms with E-state index in [1.54, 1.807) is 38.4 Å². The number of rotatable bonds is 8. The van der Waals surface area contributed by atoms with E-state index in [4.69, 9.17) is 4.74 Å². The summed E-state index contributed by atoms with van der Waals surface area (Å²) in [6.07, 6.45) is 0. The average Bonchev–Trinajstić information content (AvgIpc) is 2.72. The predicted molar refractivity (Wildman–Crippen MR) is 130 cm³/mol. The third-order valence-corrected chi connectivity index (χ3v) is 4.47. The van der Waals surface area contributed by atoms with E-state index < -0.39 is 0 Å². The second-order valence-electron chi connectivity index (χ2n) is 6.68. The Kier molecular flexibility index (Phi) is 11.1. The van der Waals surface area contributed by atoms with Crippen LogP contribution in [-0.4, -0.2) is 45.7 Å². The number of aryl methyl sites for hydroxylation is 1. The van der Waals surface area contributed by atoms with Gasteiger partial charge in [0.05, 0.1) is 7.11 Å². The number of amides is 1. The Labute approximate surface area is 190 Å². The summed E-state index contributed by atoms with van der Waals surface area (Å²) in [4.78, 5) is 16.4. The van der Waals surface area contributed by atoms with E-state index >= 15 is 0 Å². The van der Waals surface area contributed by atoms with Crippen LogP contribution in [0, 0.1) is 6.92 Å². The summed E-state index contributed by atoms with van der Waals surface area (Å²) in [5.74, 6) is 1.71. The molecule has 29 heavy (non-hydrogen) atoms. The Morgan fingerprint density at radius 1 is 1.07 bits per heavy atom. The van der Waals surface area contributed by atoms with Crippen LogP contribution in [0.1, 0.15) is 34.3 Å². The zero-order valence-electron chi connectivity index (χ0n) is 17.5. The van der Waals surface area contributed by atoms with Crippen LogP contribution in [0.5, 0.6) is 5.75 Å². The summed E-state index contributed by atoms with van der Waals surface area (Å²) in [6, 6.07) is 15.6. The van der Waals surface area contributed by atoms with Crippen molar-refractivity contribution < 1.29 is 9.53 Å². The molecule has 0 aliphatic rings. The summed E-state index contributed by atoms with van der Waals surface area (Å²) in [6.45, 7) is 6.15. The van der Waals surface area contributed by atoms with Crippen LogP contribution in [-0.2, 0) is 0 Å². The number of methoxy groups -OCH3 is 1. The number of aliphatic imine (C=N–C) groups is 1. The lowest BCUT2D eigenvalue weighted by Crippen LogP contribution is -2.42. The van der Waals surface area contributed by atoms with Crippen LogP contribution >= 0.6 is 24.0 Å². The smallest absolute Gasteiger partial charge is 0.251 e. The lowest BCUT2D eigenvalue weighted by atomic mass is 9.99. The number of carbonyl (C=O) groups is 1. The number of ether oxygens (including phenoxy) is 1. The molecule has 0 spiro atoms. The molecule has 3 N–H and O–H groups in total. The molecule has 6 nitrogen and oxygen atoms in total. The average molecular weight is 510 g/mol.